The standard InChI is InChI=1S/C10H10IN3O/c1-7-10(6-15)14(13-12-7)9-4-2-8(11)3-5-9/h2-5,15H,6H2,1H3. The van der Waals surface area contributed by atoms with Crippen LogP contribution in [-0.4, -0.2) is 20.1 Å². The van der Waals surface area contributed by atoms with Gasteiger partial charge in [0, 0.05) is 3.57 Å². The van der Waals surface area contributed by atoms with Crippen LogP contribution in [0, 0.1) is 10.5 Å². The van der Waals surface area contributed by atoms with Crippen molar-refractivity contribution in [3.63, 3.8) is 0 Å². The summed E-state index contributed by atoms with van der Waals surface area (Å²) in [5.41, 5.74) is 2.41. The molecule has 5 heteroatoms. The maximum absolute atomic E-state index is 9.20. The van der Waals surface area contributed by atoms with Crippen molar-refractivity contribution in [2.24, 2.45) is 0 Å². The lowest BCUT2D eigenvalue weighted by Crippen LogP contribution is -2.02. The van der Waals surface area contributed by atoms with E-state index in [0.29, 0.717) is 0 Å². The third-order valence-electron chi connectivity index (χ3n) is 2.18. The molecule has 15 heavy (non-hydrogen) atoms. The summed E-state index contributed by atoms with van der Waals surface area (Å²) in [6, 6.07) is 7.90. The monoisotopic (exact) mass is 315 g/mol. The Bertz CT molecular complexity index is 464. The van der Waals surface area contributed by atoms with Gasteiger partial charge in [-0.25, -0.2) is 4.68 Å². The second-order valence-corrected chi connectivity index (χ2v) is 4.41. The van der Waals surface area contributed by atoms with Gasteiger partial charge in [-0.2, -0.15) is 0 Å². The molecule has 0 radical (unpaired) electrons. The van der Waals surface area contributed by atoms with Crippen molar-refractivity contribution >= 4 is 22.6 Å². The van der Waals surface area contributed by atoms with Gasteiger partial charge in [-0.15, -0.1) is 5.10 Å². The smallest absolute Gasteiger partial charge is 0.0929 e. The van der Waals surface area contributed by atoms with Crippen molar-refractivity contribution in [1.29, 1.82) is 0 Å². The molecular weight excluding hydrogens is 305 g/mol. The summed E-state index contributed by atoms with van der Waals surface area (Å²) < 4.78 is 2.82. The van der Waals surface area contributed by atoms with Crippen LogP contribution in [-0.2, 0) is 6.61 Å². The second-order valence-electron chi connectivity index (χ2n) is 3.17. The minimum Gasteiger partial charge on any atom is -0.390 e. The van der Waals surface area contributed by atoms with Gasteiger partial charge in [0.2, 0.25) is 0 Å². The fourth-order valence-corrected chi connectivity index (χ4v) is 1.71. The Morgan fingerprint density at radius 1 is 1.33 bits per heavy atom. The molecule has 1 aromatic carbocycles. The highest BCUT2D eigenvalue weighted by molar-refractivity contribution is 14.1. The molecule has 4 nitrogen and oxygen atoms in total. The Morgan fingerprint density at radius 3 is 2.60 bits per heavy atom. The van der Waals surface area contributed by atoms with Crippen molar-refractivity contribution in [1.82, 2.24) is 15.0 Å². The van der Waals surface area contributed by atoms with Crippen LogP contribution in [0.3, 0.4) is 0 Å². The van der Waals surface area contributed by atoms with Gasteiger partial charge in [-0.1, -0.05) is 5.21 Å². The van der Waals surface area contributed by atoms with Crippen LogP contribution in [0.15, 0.2) is 24.3 Å². The van der Waals surface area contributed by atoms with Crippen molar-refractivity contribution < 1.29 is 5.11 Å². The van der Waals surface area contributed by atoms with Crippen molar-refractivity contribution in [3.8, 4) is 5.69 Å². The van der Waals surface area contributed by atoms with Crippen LogP contribution < -0.4 is 0 Å². The molecule has 0 atom stereocenters. The Balaban J connectivity index is 2.49. The Kier molecular flexibility index (Phi) is 3.01. The van der Waals surface area contributed by atoms with E-state index in [4.69, 9.17) is 0 Å². The molecule has 0 saturated carbocycles. The van der Waals surface area contributed by atoms with Gasteiger partial charge in [-0.05, 0) is 53.8 Å². The van der Waals surface area contributed by atoms with E-state index in [9.17, 15) is 5.11 Å². The number of aryl methyl sites for hydroxylation is 1. The molecule has 2 aromatic rings. The Morgan fingerprint density at radius 2 is 2.00 bits per heavy atom. The number of rotatable bonds is 2. The fraction of sp³-hybridized carbons (Fsp3) is 0.200. The van der Waals surface area contributed by atoms with Gasteiger partial charge in [0.05, 0.1) is 23.7 Å². The van der Waals surface area contributed by atoms with Gasteiger partial charge in [0.15, 0.2) is 0 Å². The highest BCUT2D eigenvalue weighted by Gasteiger charge is 2.09. The zero-order valence-electron chi connectivity index (χ0n) is 8.18. The molecule has 1 heterocycles. The summed E-state index contributed by atoms with van der Waals surface area (Å²) in [6.07, 6.45) is 0. The number of halogens is 1. The first kappa shape index (κ1) is 10.6. The molecule has 0 unspecified atom stereocenters. The van der Waals surface area contributed by atoms with E-state index < -0.39 is 0 Å². The van der Waals surface area contributed by atoms with Crippen molar-refractivity contribution in [2.75, 3.05) is 0 Å². The predicted octanol–water partition coefficient (Wildman–Crippen LogP) is 1.67. The normalized spacial score (nSPS) is 10.6. The third kappa shape index (κ3) is 2.03. The molecule has 0 aliphatic heterocycles. The lowest BCUT2D eigenvalue weighted by molar-refractivity contribution is 0.272. The van der Waals surface area contributed by atoms with E-state index in [2.05, 4.69) is 32.9 Å². The molecule has 0 aliphatic rings. The summed E-state index contributed by atoms with van der Waals surface area (Å²) in [7, 11) is 0. The average molecular weight is 315 g/mol. The topological polar surface area (TPSA) is 50.9 Å². The van der Waals surface area contributed by atoms with Crippen LogP contribution in [0.5, 0.6) is 0 Å². The molecule has 0 bridgehead atoms. The van der Waals surface area contributed by atoms with E-state index in [1.54, 1.807) is 4.68 Å². The van der Waals surface area contributed by atoms with Gasteiger partial charge < -0.3 is 5.11 Å². The minimum absolute atomic E-state index is 0.0508. The van der Waals surface area contributed by atoms with Crippen molar-refractivity contribution in [3.05, 3.63) is 39.2 Å². The van der Waals surface area contributed by atoms with Gasteiger partial charge in [0.25, 0.3) is 0 Å². The lowest BCUT2D eigenvalue weighted by Gasteiger charge is -2.04. The molecule has 0 aliphatic carbocycles. The lowest BCUT2D eigenvalue weighted by atomic mass is 10.3. The van der Waals surface area contributed by atoms with Crippen LogP contribution in [0.2, 0.25) is 0 Å². The molecule has 1 aromatic heterocycles. The number of aliphatic hydroxyl groups excluding tert-OH is 1. The summed E-state index contributed by atoms with van der Waals surface area (Å²) in [4.78, 5) is 0. The predicted molar refractivity (Wildman–Crippen MR) is 64.7 cm³/mol. The SMILES string of the molecule is Cc1nnn(-c2ccc(I)cc2)c1CO. The summed E-state index contributed by atoms with van der Waals surface area (Å²) in [5.74, 6) is 0. The van der Waals surface area contributed by atoms with E-state index in [-0.39, 0.29) is 6.61 Å². The van der Waals surface area contributed by atoms with Gasteiger partial charge in [-0.3, -0.25) is 0 Å². The van der Waals surface area contributed by atoms with E-state index >= 15 is 0 Å². The molecule has 0 saturated heterocycles. The molecule has 0 spiro atoms. The fourth-order valence-electron chi connectivity index (χ4n) is 1.35. The quantitative estimate of drug-likeness (QED) is 0.858. The second kappa shape index (κ2) is 4.28. The molecule has 0 fully saturated rings. The number of aliphatic hydroxyl groups is 1. The summed E-state index contributed by atoms with van der Waals surface area (Å²) >= 11 is 2.24. The molecular formula is C10H10IN3O. The average Bonchev–Trinajstić information content (AvgIpc) is 2.61. The van der Waals surface area contributed by atoms with E-state index in [1.807, 2.05) is 31.2 Å². The van der Waals surface area contributed by atoms with E-state index in [1.165, 1.54) is 3.57 Å². The number of benzene rings is 1. The first-order valence-electron chi connectivity index (χ1n) is 4.50. The number of hydrogen-bond donors (Lipinski definition) is 1. The Hall–Kier alpha value is -0.950. The van der Waals surface area contributed by atoms with Gasteiger partial charge in [0.1, 0.15) is 0 Å². The maximum atomic E-state index is 9.20. The van der Waals surface area contributed by atoms with Crippen LogP contribution in [0.4, 0.5) is 0 Å². The highest BCUT2D eigenvalue weighted by Crippen LogP contribution is 2.14. The molecule has 1 N–H and O–H groups in total. The zero-order valence-corrected chi connectivity index (χ0v) is 10.3. The number of aromatic nitrogens is 3. The molecule has 2 rings (SSSR count). The van der Waals surface area contributed by atoms with E-state index in [0.717, 1.165) is 17.1 Å². The Labute approximate surface area is 101 Å². The minimum atomic E-state index is -0.0508. The zero-order chi connectivity index (χ0) is 10.8. The molecule has 78 valence electrons. The van der Waals surface area contributed by atoms with Crippen LogP contribution in [0.1, 0.15) is 11.4 Å². The summed E-state index contributed by atoms with van der Waals surface area (Å²) in [6.45, 7) is 1.78. The first-order valence-corrected chi connectivity index (χ1v) is 5.58. The first-order chi connectivity index (χ1) is 7.22. The van der Waals surface area contributed by atoms with Crippen molar-refractivity contribution in [2.45, 2.75) is 13.5 Å². The summed E-state index contributed by atoms with van der Waals surface area (Å²) in [5, 5.41) is 17.1. The maximum Gasteiger partial charge on any atom is 0.0929 e. The largest absolute Gasteiger partial charge is 0.390 e. The third-order valence-corrected chi connectivity index (χ3v) is 2.90. The van der Waals surface area contributed by atoms with Crippen LogP contribution in [0.25, 0.3) is 5.69 Å². The van der Waals surface area contributed by atoms with Crippen LogP contribution >= 0.6 is 22.6 Å². The van der Waals surface area contributed by atoms with Gasteiger partial charge >= 0.3 is 0 Å². The molecule has 0 amide bonds. The number of nitrogens with zero attached hydrogens (tertiary/aromatic N) is 3. The highest BCUT2D eigenvalue weighted by atomic mass is 127. The number of hydrogen-bond acceptors (Lipinski definition) is 3.